The van der Waals surface area contributed by atoms with Crippen LogP contribution in [-0.4, -0.2) is 12.2 Å². The SMILES string of the molecule is O=C(Nc1ccccc1)O[C@H]1C[C@@H]2CC[C@@H]1C2. The first kappa shape index (κ1) is 10.6. The zero-order valence-electron chi connectivity index (χ0n) is 9.76. The summed E-state index contributed by atoms with van der Waals surface area (Å²) in [7, 11) is 0. The van der Waals surface area contributed by atoms with E-state index in [0.717, 1.165) is 18.0 Å². The summed E-state index contributed by atoms with van der Waals surface area (Å²) in [6, 6.07) is 9.44. The Morgan fingerprint density at radius 3 is 2.65 bits per heavy atom. The molecule has 0 heterocycles. The van der Waals surface area contributed by atoms with Crippen molar-refractivity contribution in [3.05, 3.63) is 30.3 Å². The van der Waals surface area contributed by atoms with Crippen molar-refractivity contribution in [2.24, 2.45) is 11.8 Å². The monoisotopic (exact) mass is 231 g/mol. The number of anilines is 1. The topological polar surface area (TPSA) is 38.3 Å². The van der Waals surface area contributed by atoms with Gasteiger partial charge in [0, 0.05) is 5.69 Å². The average molecular weight is 231 g/mol. The number of ether oxygens (including phenoxy) is 1. The highest BCUT2D eigenvalue weighted by Crippen LogP contribution is 2.45. The van der Waals surface area contributed by atoms with Crippen LogP contribution in [0.3, 0.4) is 0 Å². The summed E-state index contributed by atoms with van der Waals surface area (Å²) in [6.07, 6.45) is 4.71. The van der Waals surface area contributed by atoms with Gasteiger partial charge < -0.3 is 4.74 Å². The lowest BCUT2D eigenvalue weighted by molar-refractivity contribution is 0.0755. The van der Waals surface area contributed by atoms with E-state index in [1.807, 2.05) is 30.3 Å². The number of amides is 1. The Labute approximate surface area is 101 Å². The molecule has 0 saturated heterocycles. The minimum absolute atomic E-state index is 0.150. The molecule has 0 unspecified atom stereocenters. The lowest BCUT2D eigenvalue weighted by Gasteiger charge is -2.21. The summed E-state index contributed by atoms with van der Waals surface area (Å²) in [5.41, 5.74) is 0.792. The fourth-order valence-electron chi connectivity index (χ4n) is 3.14. The molecule has 3 rings (SSSR count). The molecule has 2 bridgehead atoms. The van der Waals surface area contributed by atoms with Gasteiger partial charge in [-0.1, -0.05) is 18.2 Å². The first-order valence-corrected chi connectivity index (χ1v) is 6.34. The minimum atomic E-state index is -0.311. The summed E-state index contributed by atoms with van der Waals surface area (Å²) in [4.78, 5) is 11.7. The summed E-state index contributed by atoms with van der Waals surface area (Å²) in [5, 5.41) is 2.77. The number of hydrogen-bond donors (Lipinski definition) is 1. The minimum Gasteiger partial charge on any atom is -0.446 e. The van der Waals surface area contributed by atoms with Crippen LogP contribution >= 0.6 is 0 Å². The van der Waals surface area contributed by atoms with Gasteiger partial charge in [0.25, 0.3) is 0 Å². The third kappa shape index (κ3) is 2.28. The maximum Gasteiger partial charge on any atom is 0.411 e. The second-order valence-corrected chi connectivity index (χ2v) is 5.11. The molecule has 3 atom stereocenters. The van der Waals surface area contributed by atoms with Crippen LogP contribution in [0.1, 0.15) is 25.7 Å². The van der Waals surface area contributed by atoms with Gasteiger partial charge in [0.15, 0.2) is 0 Å². The molecule has 2 aliphatic carbocycles. The Hall–Kier alpha value is -1.51. The van der Waals surface area contributed by atoms with Gasteiger partial charge in [-0.2, -0.15) is 0 Å². The molecule has 3 nitrogen and oxygen atoms in total. The maximum absolute atomic E-state index is 11.7. The zero-order valence-corrected chi connectivity index (χ0v) is 9.76. The molecule has 1 aromatic rings. The smallest absolute Gasteiger partial charge is 0.411 e. The number of nitrogens with one attached hydrogen (secondary N) is 1. The van der Waals surface area contributed by atoms with Crippen LogP contribution in [0.5, 0.6) is 0 Å². The molecule has 0 aliphatic heterocycles. The predicted octanol–water partition coefficient (Wildman–Crippen LogP) is 3.42. The van der Waals surface area contributed by atoms with Gasteiger partial charge in [0.1, 0.15) is 6.10 Å². The molecule has 0 aromatic heterocycles. The number of fused-ring (bicyclic) bond motifs is 2. The van der Waals surface area contributed by atoms with Gasteiger partial charge in [-0.05, 0) is 49.7 Å². The molecule has 0 radical (unpaired) electrons. The number of hydrogen-bond acceptors (Lipinski definition) is 2. The summed E-state index contributed by atoms with van der Waals surface area (Å²) < 4.78 is 5.50. The van der Waals surface area contributed by atoms with Crippen molar-refractivity contribution < 1.29 is 9.53 Å². The number of benzene rings is 1. The Kier molecular flexibility index (Phi) is 2.75. The Bertz CT molecular complexity index is 404. The van der Waals surface area contributed by atoms with Crippen molar-refractivity contribution >= 4 is 11.8 Å². The lowest BCUT2D eigenvalue weighted by Crippen LogP contribution is -2.26. The van der Waals surface area contributed by atoms with E-state index in [2.05, 4.69) is 5.32 Å². The van der Waals surface area contributed by atoms with Crippen molar-refractivity contribution in [1.82, 2.24) is 0 Å². The standard InChI is InChI=1S/C14H17NO2/c16-14(15-12-4-2-1-3-5-12)17-13-9-10-6-7-11(13)8-10/h1-5,10-11,13H,6-9H2,(H,15,16)/t10-,11-,13+/m1/s1. The van der Waals surface area contributed by atoms with Crippen molar-refractivity contribution in [2.45, 2.75) is 31.8 Å². The third-order valence-electron chi connectivity index (χ3n) is 3.95. The third-order valence-corrected chi connectivity index (χ3v) is 3.95. The van der Waals surface area contributed by atoms with Crippen LogP contribution in [0.25, 0.3) is 0 Å². The van der Waals surface area contributed by atoms with E-state index in [-0.39, 0.29) is 12.2 Å². The van der Waals surface area contributed by atoms with E-state index >= 15 is 0 Å². The van der Waals surface area contributed by atoms with Crippen LogP contribution in [0.2, 0.25) is 0 Å². The first-order valence-electron chi connectivity index (χ1n) is 6.34. The Balaban J connectivity index is 1.54. The van der Waals surface area contributed by atoms with Gasteiger partial charge in [-0.3, -0.25) is 5.32 Å². The van der Waals surface area contributed by atoms with Gasteiger partial charge in [-0.15, -0.1) is 0 Å². The number of rotatable bonds is 2. The van der Waals surface area contributed by atoms with E-state index in [9.17, 15) is 4.79 Å². The fourth-order valence-corrected chi connectivity index (χ4v) is 3.14. The van der Waals surface area contributed by atoms with E-state index in [4.69, 9.17) is 4.74 Å². The molecular formula is C14H17NO2. The van der Waals surface area contributed by atoms with E-state index in [0.29, 0.717) is 5.92 Å². The first-order chi connectivity index (χ1) is 8.31. The second-order valence-electron chi connectivity index (χ2n) is 5.11. The van der Waals surface area contributed by atoms with E-state index in [1.54, 1.807) is 0 Å². The van der Waals surface area contributed by atoms with Crippen molar-refractivity contribution in [2.75, 3.05) is 5.32 Å². The molecule has 1 aromatic carbocycles. The molecule has 2 aliphatic rings. The largest absolute Gasteiger partial charge is 0.446 e. The maximum atomic E-state index is 11.7. The lowest BCUT2D eigenvalue weighted by atomic mass is 9.98. The van der Waals surface area contributed by atoms with Crippen LogP contribution in [-0.2, 0) is 4.74 Å². The summed E-state index contributed by atoms with van der Waals surface area (Å²) >= 11 is 0. The molecule has 90 valence electrons. The van der Waals surface area contributed by atoms with E-state index in [1.165, 1.54) is 19.3 Å². The zero-order chi connectivity index (χ0) is 11.7. The molecule has 2 saturated carbocycles. The molecule has 1 N–H and O–H groups in total. The Morgan fingerprint density at radius 2 is 2.00 bits per heavy atom. The molecule has 2 fully saturated rings. The highest BCUT2D eigenvalue weighted by molar-refractivity contribution is 5.84. The van der Waals surface area contributed by atoms with Crippen LogP contribution in [0.4, 0.5) is 10.5 Å². The normalized spacial score (nSPS) is 30.2. The highest BCUT2D eigenvalue weighted by atomic mass is 16.6. The highest BCUT2D eigenvalue weighted by Gasteiger charge is 2.41. The van der Waals surface area contributed by atoms with Crippen molar-refractivity contribution in [1.29, 1.82) is 0 Å². The van der Waals surface area contributed by atoms with Gasteiger partial charge in [0.05, 0.1) is 0 Å². The quantitative estimate of drug-likeness (QED) is 0.846. The van der Waals surface area contributed by atoms with Crippen molar-refractivity contribution in [3.8, 4) is 0 Å². The van der Waals surface area contributed by atoms with E-state index < -0.39 is 0 Å². The summed E-state index contributed by atoms with van der Waals surface area (Å²) in [5.74, 6) is 1.41. The molecule has 3 heteroatoms. The van der Waals surface area contributed by atoms with Crippen LogP contribution in [0, 0.1) is 11.8 Å². The van der Waals surface area contributed by atoms with Crippen molar-refractivity contribution in [3.63, 3.8) is 0 Å². The van der Waals surface area contributed by atoms with Gasteiger partial charge >= 0.3 is 6.09 Å². The number of carbonyl (C=O) groups excluding carboxylic acids is 1. The number of para-hydroxylation sites is 1. The Morgan fingerprint density at radius 1 is 1.18 bits per heavy atom. The molecular weight excluding hydrogens is 214 g/mol. The van der Waals surface area contributed by atoms with Gasteiger partial charge in [-0.25, -0.2) is 4.79 Å². The van der Waals surface area contributed by atoms with Crippen LogP contribution < -0.4 is 5.32 Å². The molecule has 0 spiro atoms. The molecule has 1 amide bonds. The average Bonchev–Trinajstić information content (AvgIpc) is 2.92. The van der Waals surface area contributed by atoms with Crippen LogP contribution in [0.15, 0.2) is 30.3 Å². The summed E-state index contributed by atoms with van der Waals surface area (Å²) in [6.45, 7) is 0. The van der Waals surface area contributed by atoms with Gasteiger partial charge in [0.2, 0.25) is 0 Å². The fraction of sp³-hybridized carbons (Fsp3) is 0.500. The number of carbonyl (C=O) groups is 1. The molecule has 17 heavy (non-hydrogen) atoms. The predicted molar refractivity (Wildman–Crippen MR) is 65.8 cm³/mol. The second kappa shape index (κ2) is 4.40.